The fourth-order valence-electron chi connectivity index (χ4n) is 2.32. The van der Waals surface area contributed by atoms with Gasteiger partial charge < -0.3 is 10.3 Å². The van der Waals surface area contributed by atoms with Crippen LogP contribution in [0.15, 0.2) is 12.5 Å². The van der Waals surface area contributed by atoms with Crippen LogP contribution in [0.4, 0.5) is 0 Å². The maximum atomic E-state index is 5.58. The predicted octanol–water partition coefficient (Wildman–Crippen LogP) is 3.53. The van der Waals surface area contributed by atoms with Crippen molar-refractivity contribution < 1.29 is 0 Å². The number of aryl methyl sites for hydroxylation is 1. The van der Waals surface area contributed by atoms with Gasteiger partial charge in [-0.25, -0.2) is 4.98 Å². The van der Waals surface area contributed by atoms with E-state index in [2.05, 4.69) is 16.5 Å². The molecule has 0 aliphatic heterocycles. The molecule has 0 spiro atoms. The molecular weight excluding hydrogens is 222 g/mol. The Morgan fingerprint density at radius 1 is 1.06 bits per heavy atom. The molecule has 0 saturated heterocycles. The minimum absolute atomic E-state index is 0.711. The normalized spacial score (nSPS) is 11.0. The molecule has 1 aromatic rings. The van der Waals surface area contributed by atoms with Gasteiger partial charge in [0.25, 0.3) is 0 Å². The van der Waals surface area contributed by atoms with Gasteiger partial charge in [0.15, 0.2) is 0 Å². The van der Waals surface area contributed by atoms with Crippen LogP contribution in [0, 0.1) is 0 Å². The maximum absolute atomic E-state index is 5.58. The molecule has 0 bridgehead atoms. The monoisotopic (exact) mass is 251 g/mol. The largest absolute Gasteiger partial charge is 0.335 e. The van der Waals surface area contributed by atoms with Crippen molar-refractivity contribution in [1.29, 1.82) is 0 Å². The topological polar surface area (TPSA) is 43.8 Å². The average Bonchev–Trinajstić information content (AvgIpc) is 2.81. The first-order valence-electron chi connectivity index (χ1n) is 7.57. The summed E-state index contributed by atoms with van der Waals surface area (Å²) in [6, 6.07) is 0. The molecule has 18 heavy (non-hydrogen) atoms. The van der Waals surface area contributed by atoms with E-state index in [1.54, 1.807) is 0 Å². The number of aromatic nitrogens is 2. The standard InChI is InChI=1S/C15H29N3/c1-2-3-4-5-6-7-8-9-12-18-14-17-13-15(18)10-11-16/h13-14H,2-12,16H2,1H3. The smallest absolute Gasteiger partial charge is 0.0948 e. The minimum atomic E-state index is 0.711. The van der Waals surface area contributed by atoms with Gasteiger partial charge >= 0.3 is 0 Å². The molecule has 0 aromatic carbocycles. The zero-order valence-electron chi connectivity index (χ0n) is 11.9. The fraction of sp³-hybridized carbons (Fsp3) is 0.800. The molecule has 3 nitrogen and oxygen atoms in total. The van der Waals surface area contributed by atoms with Crippen LogP contribution in [0.1, 0.15) is 64.0 Å². The molecule has 0 radical (unpaired) electrons. The van der Waals surface area contributed by atoms with E-state index in [1.165, 1.54) is 57.1 Å². The van der Waals surface area contributed by atoms with Gasteiger partial charge in [0.2, 0.25) is 0 Å². The summed E-state index contributed by atoms with van der Waals surface area (Å²) in [6.07, 6.45) is 15.8. The van der Waals surface area contributed by atoms with Crippen molar-refractivity contribution in [2.75, 3.05) is 6.54 Å². The number of nitrogens with zero attached hydrogens (tertiary/aromatic N) is 2. The van der Waals surface area contributed by atoms with Crippen molar-refractivity contribution in [2.45, 2.75) is 71.3 Å². The molecular formula is C15H29N3. The first-order valence-corrected chi connectivity index (χ1v) is 7.57. The van der Waals surface area contributed by atoms with Crippen LogP contribution >= 0.6 is 0 Å². The zero-order valence-corrected chi connectivity index (χ0v) is 11.9. The van der Waals surface area contributed by atoms with Gasteiger partial charge in [-0.2, -0.15) is 0 Å². The molecule has 0 aliphatic carbocycles. The molecule has 1 aromatic heterocycles. The Morgan fingerprint density at radius 2 is 1.72 bits per heavy atom. The Labute approximate surface area is 112 Å². The fourth-order valence-corrected chi connectivity index (χ4v) is 2.32. The van der Waals surface area contributed by atoms with Gasteiger partial charge in [-0.15, -0.1) is 0 Å². The molecule has 0 amide bonds. The Hall–Kier alpha value is -0.830. The van der Waals surface area contributed by atoms with Crippen LogP contribution in [0.25, 0.3) is 0 Å². The Bertz CT molecular complexity index is 294. The van der Waals surface area contributed by atoms with Gasteiger partial charge in [0, 0.05) is 24.9 Å². The Morgan fingerprint density at radius 3 is 2.39 bits per heavy atom. The number of rotatable bonds is 11. The van der Waals surface area contributed by atoms with Gasteiger partial charge in [0.05, 0.1) is 6.33 Å². The van der Waals surface area contributed by atoms with Crippen molar-refractivity contribution in [1.82, 2.24) is 9.55 Å². The van der Waals surface area contributed by atoms with Crippen molar-refractivity contribution in [2.24, 2.45) is 5.73 Å². The molecule has 0 aliphatic rings. The van der Waals surface area contributed by atoms with E-state index in [4.69, 9.17) is 5.73 Å². The van der Waals surface area contributed by atoms with Crippen LogP contribution in [-0.2, 0) is 13.0 Å². The van der Waals surface area contributed by atoms with Gasteiger partial charge in [-0.05, 0) is 13.0 Å². The first-order chi connectivity index (χ1) is 8.88. The summed E-state index contributed by atoms with van der Waals surface area (Å²) in [7, 11) is 0. The third kappa shape index (κ3) is 6.20. The second kappa shape index (κ2) is 10.1. The van der Waals surface area contributed by atoms with Crippen molar-refractivity contribution in [3.05, 3.63) is 18.2 Å². The van der Waals surface area contributed by atoms with E-state index in [-0.39, 0.29) is 0 Å². The van der Waals surface area contributed by atoms with E-state index >= 15 is 0 Å². The van der Waals surface area contributed by atoms with Gasteiger partial charge in [0.1, 0.15) is 0 Å². The molecule has 0 unspecified atom stereocenters. The Balaban J connectivity index is 2.01. The zero-order chi connectivity index (χ0) is 13.1. The molecule has 1 rings (SSSR count). The lowest BCUT2D eigenvalue weighted by Crippen LogP contribution is -2.08. The van der Waals surface area contributed by atoms with Crippen molar-refractivity contribution in [3.63, 3.8) is 0 Å². The van der Waals surface area contributed by atoms with Crippen LogP contribution in [-0.4, -0.2) is 16.1 Å². The van der Waals surface area contributed by atoms with E-state index in [9.17, 15) is 0 Å². The Kier molecular flexibility index (Phi) is 8.57. The van der Waals surface area contributed by atoms with Crippen LogP contribution < -0.4 is 5.73 Å². The molecule has 0 saturated carbocycles. The SMILES string of the molecule is CCCCCCCCCCn1cncc1CCN. The van der Waals surface area contributed by atoms with E-state index < -0.39 is 0 Å². The number of imidazole rings is 1. The highest BCUT2D eigenvalue weighted by Gasteiger charge is 2.00. The van der Waals surface area contributed by atoms with Gasteiger partial charge in [-0.1, -0.05) is 51.9 Å². The van der Waals surface area contributed by atoms with Crippen molar-refractivity contribution in [3.8, 4) is 0 Å². The highest BCUT2D eigenvalue weighted by atomic mass is 15.0. The third-order valence-electron chi connectivity index (χ3n) is 3.45. The number of unbranched alkanes of at least 4 members (excludes halogenated alkanes) is 7. The van der Waals surface area contributed by atoms with Crippen LogP contribution in [0.3, 0.4) is 0 Å². The molecule has 2 N–H and O–H groups in total. The first kappa shape index (κ1) is 15.2. The highest BCUT2D eigenvalue weighted by Crippen LogP contribution is 2.10. The predicted molar refractivity (Wildman–Crippen MR) is 77.6 cm³/mol. The van der Waals surface area contributed by atoms with Gasteiger partial charge in [-0.3, -0.25) is 0 Å². The number of nitrogens with two attached hydrogens (primary N) is 1. The second-order valence-corrected chi connectivity index (χ2v) is 5.09. The second-order valence-electron chi connectivity index (χ2n) is 5.09. The third-order valence-corrected chi connectivity index (χ3v) is 3.45. The summed E-state index contributed by atoms with van der Waals surface area (Å²) in [5, 5.41) is 0. The number of hydrogen-bond acceptors (Lipinski definition) is 2. The van der Waals surface area contributed by atoms with E-state index in [0.29, 0.717) is 6.54 Å². The van der Waals surface area contributed by atoms with Crippen LogP contribution in [0.5, 0.6) is 0 Å². The quantitative estimate of drug-likeness (QED) is 0.611. The van der Waals surface area contributed by atoms with Crippen molar-refractivity contribution >= 4 is 0 Å². The molecule has 0 fully saturated rings. The van der Waals surface area contributed by atoms with E-state index in [0.717, 1.165) is 13.0 Å². The molecule has 3 heteroatoms. The van der Waals surface area contributed by atoms with Crippen LogP contribution in [0.2, 0.25) is 0 Å². The number of hydrogen-bond donors (Lipinski definition) is 1. The minimum Gasteiger partial charge on any atom is -0.335 e. The summed E-state index contributed by atoms with van der Waals surface area (Å²) < 4.78 is 2.25. The summed E-state index contributed by atoms with van der Waals surface area (Å²) in [5.41, 5.74) is 6.86. The summed E-state index contributed by atoms with van der Waals surface area (Å²) in [6.45, 7) is 4.08. The molecule has 1 heterocycles. The summed E-state index contributed by atoms with van der Waals surface area (Å²) >= 11 is 0. The highest BCUT2D eigenvalue weighted by molar-refractivity contribution is 4.98. The molecule has 104 valence electrons. The lowest BCUT2D eigenvalue weighted by atomic mass is 10.1. The maximum Gasteiger partial charge on any atom is 0.0948 e. The summed E-state index contributed by atoms with van der Waals surface area (Å²) in [5.74, 6) is 0. The average molecular weight is 251 g/mol. The lowest BCUT2D eigenvalue weighted by Gasteiger charge is -2.07. The molecule has 0 atom stereocenters. The lowest BCUT2D eigenvalue weighted by molar-refractivity contribution is 0.536. The summed E-state index contributed by atoms with van der Waals surface area (Å²) in [4.78, 5) is 4.20. The van der Waals surface area contributed by atoms with E-state index in [1.807, 2.05) is 12.5 Å².